The molecule has 4 amide bonds. The van der Waals surface area contributed by atoms with Gasteiger partial charge in [-0.05, 0) is 306 Å². The number of aromatic nitrogens is 10. The first-order chi connectivity index (χ1) is 66.8. The normalized spacial score (nSPS) is 21.6. The van der Waals surface area contributed by atoms with Gasteiger partial charge in [0.2, 0.25) is 23.6 Å². The van der Waals surface area contributed by atoms with Gasteiger partial charge in [-0.25, -0.2) is 0 Å². The van der Waals surface area contributed by atoms with Crippen LogP contribution in [0.5, 0.6) is 0 Å². The number of carbonyl (C=O) groups excluding carboxylic acids is 4. The molecule has 1 aliphatic heterocycles. The molecule has 794 valence electrons. The van der Waals surface area contributed by atoms with Gasteiger partial charge in [0.1, 0.15) is 0 Å². The molecule has 6 fully saturated rings. The lowest BCUT2D eigenvalue weighted by atomic mass is 9.61. The molecular formula is C113H205N19O7. The Bertz CT molecular complexity index is 3970. The van der Waals surface area contributed by atoms with Crippen molar-refractivity contribution in [3.8, 4) is 0 Å². The van der Waals surface area contributed by atoms with Gasteiger partial charge in [-0.15, -0.1) is 0 Å². The van der Waals surface area contributed by atoms with Crippen LogP contribution in [-0.2, 0) is 66.1 Å². The molecule has 0 atom stereocenters. The molecule has 26 heteroatoms. The Hall–Kier alpha value is -6.39. The lowest BCUT2D eigenvalue weighted by Gasteiger charge is -2.45. The minimum atomic E-state index is 0.0507. The van der Waals surface area contributed by atoms with E-state index in [1.807, 2.05) is 31.0 Å². The highest BCUT2D eigenvalue weighted by Crippen LogP contribution is 2.56. The van der Waals surface area contributed by atoms with Crippen LogP contribution >= 0.6 is 0 Å². The fraction of sp³-hybridized carbons (Fsp3) is 0.832. The Balaban J connectivity index is 0.000000237. The zero-order valence-electron chi connectivity index (χ0n) is 92.9. The van der Waals surface area contributed by atoms with E-state index in [0.717, 1.165) is 207 Å². The van der Waals surface area contributed by atoms with Crippen LogP contribution in [0.15, 0.2) is 31.0 Å². The SMILES string of the molecule is CCCCN(C)Cc1cn[nH]c1C1CCC(N(CC(C)C)C(=O)CCCOC)CC1.CCCCN(C)Cc1cn[nH]c1C1CCC(N(CC)C(=O)CCC(C)C)CC1.CCCCN(C)Cc1cn[nH]c1C1CCC(N(CC)C(=O)CCC(C)C)CC1.CCCCN(C)Cc1cn[nH]c1C1CCC(N(CCOC)C(=O)CC(C)C)CC1.CCCCN(C)Cc1cn[nH]c1C1CCC2(CCOC2(C)C)CC1. The molecule has 1 spiro atoms. The second-order valence-electron chi connectivity index (χ2n) is 45.1. The first-order valence-electron chi connectivity index (χ1n) is 56.1. The van der Waals surface area contributed by atoms with Crippen LogP contribution in [-0.4, -0.2) is 277 Å². The van der Waals surface area contributed by atoms with E-state index in [1.165, 1.54) is 159 Å². The van der Waals surface area contributed by atoms with E-state index in [4.69, 9.17) is 14.2 Å². The van der Waals surface area contributed by atoms with E-state index < -0.39 is 0 Å². The van der Waals surface area contributed by atoms with E-state index in [9.17, 15) is 19.2 Å². The number of H-pyrrole nitrogens is 5. The molecule has 5 saturated carbocycles. The summed E-state index contributed by atoms with van der Waals surface area (Å²) in [7, 11) is 14.4. The molecule has 6 aliphatic rings. The maximum atomic E-state index is 12.9. The van der Waals surface area contributed by atoms with Crippen molar-refractivity contribution in [3.63, 3.8) is 0 Å². The fourth-order valence-electron chi connectivity index (χ4n) is 22.9. The van der Waals surface area contributed by atoms with Crippen LogP contribution in [0.4, 0.5) is 0 Å². The number of carbonyl (C=O) groups is 4. The maximum absolute atomic E-state index is 12.9. The quantitative estimate of drug-likeness (QED) is 0.0226. The van der Waals surface area contributed by atoms with Crippen LogP contribution in [0.3, 0.4) is 0 Å². The number of rotatable bonds is 53. The monoisotopic (exact) mass is 1940 g/mol. The topological polar surface area (TPSA) is 269 Å². The summed E-state index contributed by atoms with van der Waals surface area (Å²) in [6.07, 6.45) is 52.0. The zero-order chi connectivity index (χ0) is 101. The molecule has 0 aromatic carbocycles. The number of nitrogens with one attached hydrogen (secondary N) is 5. The average molecular weight is 1940 g/mol. The third-order valence-corrected chi connectivity index (χ3v) is 31.5. The Morgan fingerprint density at radius 1 is 0.353 bits per heavy atom. The molecule has 139 heavy (non-hydrogen) atoms. The largest absolute Gasteiger partial charge is 0.385 e. The summed E-state index contributed by atoms with van der Waals surface area (Å²) in [5.74, 6) is 6.13. The van der Waals surface area contributed by atoms with Gasteiger partial charge >= 0.3 is 0 Å². The Morgan fingerprint density at radius 2 is 0.640 bits per heavy atom. The number of amides is 4. The Morgan fingerprint density at radius 3 is 0.899 bits per heavy atom. The van der Waals surface area contributed by atoms with Crippen LogP contribution in [0.25, 0.3) is 0 Å². The van der Waals surface area contributed by atoms with Crippen molar-refractivity contribution < 1.29 is 33.4 Å². The molecule has 5 aromatic heterocycles. The first-order valence-corrected chi connectivity index (χ1v) is 56.1. The lowest BCUT2D eigenvalue weighted by Crippen LogP contribution is -2.44. The zero-order valence-corrected chi connectivity index (χ0v) is 92.9. The van der Waals surface area contributed by atoms with Crippen molar-refractivity contribution in [2.75, 3.05) is 128 Å². The van der Waals surface area contributed by atoms with Crippen molar-refractivity contribution in [1.29, 1.82) is 0 Å². The van der Waals surface area contributed by atoms with Crippen molar-refractivity contribution in [2.45, 2.75) is 454 Å². The van der Waals surface area contributed by atoms with Gasteiger partial charge in [0.15, 0.2) is 0 Å². The van der Waals surface area contributed by atoms with E-state index in [2.05, 4.69) is 248 Å². The van der Waals surface area contributed by atoms with Crippen LogP contribution in [0.2, 0.25) is 0 Å². The number of aromatic amines is 5. The van der Waals surface area contributed by atoms with Crippen molar-refractivity contribution >= 4 is 23.6 Å². The molecule has 5 N–H and O–H groups in total. The number of hydrogen-bond donors (Lipinski definition) is 5. The Kier molecular flexibility index (Phi) is 55.5. The average Bonchev–Trinajstić information content (AvgIpc) is 1.62. The molecule has 0 bridgehead atoms. The summed E-state index contributed by atoms with van der Waals surface area (Å²) in [5, 5.41) is 38.3. The molecule has 26 nitrogen and oxygen atoms in total. The van der Waals surface area contributed by atoms with E-state index in [-0.39, 0.29) is 11.5 Å². The molecule has 6 heterocycles. The molecule has 5 aliphatic carbocycles. The van der Waals surface area contributed by atoms with Crippen LogP contribution in [0, 0.1) is 29.1 Å². The van der Waals surface area contributed by atoms with Crippen LogP contribution < -0.4 is 0 Å². The van der Waals surface area contributed by atoms with Gasteiger partial charge in [0.05, 0.1) is 43.2 Å². The molecule has 0 unspecified atom stereocenters. The van der Waals surface area contributed by atoms with Gasteiger partial charge in [0.25, 0.3) is 0 Å². The second-order valence-corrected chi connectivity index (χ2v) is 45.1. The lowest BCUT2D eigenvalue weighted by molar-refractivity contribution is -0.136. The van der Waals surface area contributed by atoms with Crippen molar-refractivity contribution in [2.24, 2.45) is 29.1 Å². The van der Waals surface area contributed by atoms with Gasteiger partial charge in [-0.3, -0.25) is 44.7 Å². The molecule has 5 aromatic rings. The van der Waals surface area contributed by atoms with Crippen molar-refractivity contribution in [3.05, 3.63) is 87.3 Å². The third-order valence-electron chi connectivity index (χ3n) is 31.5. The highest BCUT2D eigenvalue weighted by Gasteiger charge is 2.52. The standard InChI is InChI=1S/C24H44N4O2.C23H42N4O2.2C23H42N4O.C20H35N3O/c1-6-7-14-27(4)18-21-16-25-26-24(21)20-10-12-22(13-11-20)28(17-19(2)3)23(29)9-8-15-30-5;1-6-7-12-26(4)17-20-16-24-25-23(20)19-8-10-21(11-9-19)27(13-14-29-5)22(28)15-18(2)3;2*1-6-8-15-26(5)17-20-16-24-25-23(20)19-10-12-21(13-11-19)27(7-2)22(28)14-9-18(3)4;1-5-6-12-23(4)15-17-14-21-22-18(17)16-7-9-20(10-8-16)11-13-24-19(20,2)3/h16,19-20,22H,6-15,17-18H2,1-5H3,(H,25,26);16,18-19,21H,6-15,17H2,1-5H3,(H,24,25);2*16,18-19,21H,6-15,17H2,1-5H3,(H,24,25);14,16H,5-13,15H2,1-4H3,(H,21,22). The number of hydrogen-bond acceptors (Lipinski definition) is 17. The van der Waals surface area contributed by atoms with Gasteiger partial charge < -0.3 is 58.3 Å². The smallest absolute Gasteiger partial charge is 0.223 e. The summed E-state index contributed by atoms with van der Waals surface area (Å²) >= 11 is 0. The molecular weight excluding hydrogens is 1740 g/mol. The van der Waals surface area contributed by atoms with Gasteiger partial charge in [-0.1, -0.05) is 122 Å². The number of ether oxygens (including phenoxy) is 3. The molecule has 1 saturated heterocycles. The van der Waals surface area contributed by atoms with Gasteiger partial charge in [-0.2, -0.15) is 25.5 Å². The summed E-state index contributed by atoms with van der Waals surface area (Å²) in [6, 6.07) is 1.54. The third kappa shape index (κ3) is 39.8. The summed E-state index contributed by atoms with van der Waals surface area (Å²) < 4.78 is 16.4. The minimum Gasteiger partial charge on any atom is -0.385 e. The van der Waals surface area contributed by atoms with E-state index >= 15 is 0 Å². The maximum Gasteiger partial charge on any atom is 0.223 e. The van der Waals surface area contributed by atoms with E-state index in [0.29, 0.717) is 146 Å². The number of unbranched alkanes of at least 4 members (excludes halogenated alkanes) is 5. The predicted molar refractivity (Wildman–Crippen MR) is 571 cm³/mol. The van der Waals surface area contributed by atoms with Gasteiger partial charge in [0, 0.05) is 227 Å². The molecule has 0 radical (unpaired) electrons. The molecule has 11 rings (SSSR count). The summed E-state index contributed by atoms with van der Waals surface area (Å²) in [5.41, 5.74) is 13.9. The second kappa shape index (κ2) is 64.5. The minimum absolute atomic E-state index is 0.0507. The first kappa shape index (κ1) is 120. The summed E-state index contributed by atoms with van der Waals surface area (Å²) in [6.45, 7) is 53.4. The highest BCUT2D eigenvalue weighted by atomic mass is 16.5. The number of nitrogens with zero attached hydrogens (tertiary/aromatic N) is 14. The predicted octanol–water partition coefficient (Wildman–Crippen LogP) is 23.2. The van der Waals surface area contributed by atoms with Crippen molar-refractivity contribution in [1.82, 2.24) is 95.1 Å². The fourth-order valence-corrected chi connectivity index (χ4v) is 22.9. The van der Waals surface area contributed by atoms with E-state index in [1.54, 1.807) is 14.2 Å². The Labute approximate surface area is 845 Å². The number of methoxy groups -OCH3 is 2. The summed E-state index contributed by atoms with van der Waals surface area (Å²) in [4.78, 5) is 71.5. The van der Waals surface area contributed by atoms with Crippen LogP contribution in [0.1, 0.15) is 448 Å². The highest BCUT2D eigenvalue weighted by molar-refractivity contribution is 5.78.